The van der Waals surface area contributed by atoms with Crippen LogP contribution in [0.25, 0.3) is 5.70 Å². The van der Waals surface area contributed by atoms with Gasteiger partial charge in [0, 0.05) is 30.0 Å². The van der Waals surface area contributed by atoms with Gasteiger partial charge in [0.15, 0.2) is 0 Å². The number of nitro benzene ring substituents is 1. The molecule has 9 nitrogen and oxygen atoms in total. The smallest absolute Gasteiger partial charge is 0.334 e. The molecule has 0 spiro atoms. The van der Waals surface area contributed by atoms with Gasteiger partial charge in [-0.25, -0.2) is 0 Å². The van der Waals surface area contributed by atoms with E-state index in [2.05, 4.69) is 0 Å². The maximum atomic E-state index is 12.6. The number of aromatic nitrogens is 1. The average Bonchev–Trinajstić information content (AvgIpc) is 2.56. The van der Waals surface area contributed by atoms with Crippen LogP contribution in [0.2, 0.25) is 0 Å². The number of pyridine rings is 1. The number of benzene rings is 1. The van der Waals surface area contributed by atoms with Crippen molar-refractivity contribution < 1.29 is 14.6 Å². The molecule has 0 saturated carbocycles. The highest BCUT2D eigenvalue weighted by Gasteiger charge is 2.35. The van der Waals surface area contributed by atoms with Crippen molar-refractivity contribution in [2.45, 2.75) is 26.4 Å². The molecule has 1 aromatic heterocycles. The summed E-state index contributed by atoms with van der Waals surface area (Å²) in [6.07, 6.45) is 1.40. The maximum absolute atomic E-state index is 12.6. The Labute approximate surface area is 147 Å². The highest BCUT2D eigenvalue weighted by molar-refractivity contribution is 5.78. The van der Waals surface area contributed by atoms with Crippen LogP contribution in [0.3, 0.4) is 0 Å². The number of hydrogen-bond acceptors (Lipinski definition) is 6. The van der Waals surface area contributed by atoms with Gasteiger partial charge in [-0.05, 0) is 38.5 Å². The third-order valence-electron chi connectivity index (χ3n) is 4.42. The molecule has 9 heteroatoms. The van der Waals surface area contributed by atoms with E-state index in [4.69, 9.17) is 4.74 Å². The summed E-state index contributed by atoms with van der Waals surface area (Å²) in [6.45, 7) is 5.30. The van der Waals surface area contributed by atoms with Crippen molar-refractivity contribution in [1.82, 2.24) is 4.57 Å². The molecule has 0 aliphatic carbocycles. The van der Waals surface area contributed by atoms with Gasteiger partial charge in [-0.2, -0.15) is 0 Å². The lowest BCUT2D eigenvalue weighted by molar-refractivity contribution is -0.386. The van der Waals surface area contributed by atoms with Gasteiger partial charge in [0.25, 0.3) is 5.69 Å². The molecular weight excluding hydrogens is 342 g/mol. The van der Waals surface area contributed by atoms with Crippen LogP contribution in [0, 0.1) is 20.2 Å². The van der Waals surface area contributed by atoms with Crippen LogP contribution in [-0.4, -0.2) is 20.0 Å². The number of fused-ring (bicyclic) bond motifs is 1. The Hall–Kier alpha value is -3.49. The van der Waals surface area contributed by atoms with Crippen molar-refractivity contribution in [3.63, 3.8) is 0 Å². The van der Waals surface area contributed by atoms with Crippen molar-refractivity contribution in [1.29, 1.82) is 0 Å². The summed E-state index contributed by atoms with van der Waals surface area (Å²) in [5, 5.41) is 22.3. The molecule has 0 unspecified atom stereocenters. The van der Waals surface area contributed by atoms with Crippen LogP contribution < -0.4 is 10.3 Å². The lowest BCUT2D eigenvalue weighted by Gasteiger charge is -2.35. The molecule has 1 aromatic carbocycles. The maximum Gasteiger partial charge on any atom is 0.334 e. The van der Waals surface area contributed by atoms with Gasteiger partial charge in [0.2, 0.25) is 0 Å². The van der Waals surface area contributed by atoms with E-state index in [0.717, 1.165) is 10.6 Å². The average molecular weight is 357 g/mol. The summed E-state index contributed by atoms with van der Waals surface area (Å²) in [5.74, 6) is 0.361. The Kier molecular flexibility index (Phi) is 3.87. The molecule has 0 radical (unpaired) electrons. The molecule has 1 aliphatic rings. The molecule has 1 aliphatic heterocycles. The standard InChI is InChI=1S/C17H15N3O6/c1-10-15(18-8-4-5-13(16(18)21)20(24)25)12-9-11(19(22)23)6-7-14(12)26-17(10,2)3/h4-9H,1-3H3. The molecule has 2 aromatic rings. The van der Waals surface area contributed by atoms with E-state index in [1.165, 1.54) is 30.5 Å². The molecule has 0 N–H and O–H groups in total. The normalized spacial score (nSPS) is 15.2. The highest BCUT2D eigenvalue weighted by Crippen LogP contribution is 2.42. The molecule has 26 heavy (non-hydrogen) atoms. The number of hydrogen-bond donors (Lipinski definition) is 0. The van der Waals surface area contributed by atoms with E-state index in [9.17, 15) is 25.0 Å². The summed E-state index contributed by atoms with van der Waals surface area (Å²) in [5.41, 5.74) is -1.08. The molecule has 3 rings (SSSR count). The first kappa shape index (κ1) is 17.3. The number of non-ortho nitro benzene ring substituents is 1. The van der Waals surface area contributed by atoms with Crippen LogP contribution in [-0.2, 0) is 0 Å². The highest BCUT2D eigenvalue weighted by atomic mass is 16.6. The fourth-order valence-corrected chi connectivity index (χ4v) is 2.85. The second-order valence-corrected chi connectivity index (χ2v) is 6.35. The van der Waals surface area contributed by atoms with E-state index in [-0.39, 0.29) is 5.69 Å². The van der Waals surface area contributed by atoms with Gasteiger partial charge >= 0.3 is 11.2 Å². The van der Waals surface area contributed by atoms with Crippen molar-refractivity contribution >= 4 is 17.1 Å². The van der Waals surface area contributed by atoms with Gasteiger partial charge < -0.3 is 4.74 Å². The number of ether oxygens (including phenoxy) is 1. The van der Waals surface area contributed by atoms with Crippen LogP contribution in [0.4, 0.5) is 11.4 Å². The summed E-state index contributed by atoms with van der Waals surface area (Å²) in [7, 11) is 0. The van der Waals surface area contributed by atoms with Crippen LogP contribution in [0.5, 0.6) is 5.75 Å². The van der Waals surface area contributed by atoms with E-state index in [1.54, 1.807) is 20.8 Å². The van der Waals surface area contributed by atoms with Gasteiger partial charge in [-0.1, -0.05) is 0 Å². The first-order valence-electron chi connectivity index (χ1n) is 7.69. The fraction of sp³-hybridized carbons (Fsp3) is 0.235. The molecule has 0 atom stereocenters. The Balaban J connectivity index is 2.37. The van der Waals surface area contributed by atoms with E-state index in [1.807, 2.05) is 0 Å². The molecule has 0 saturated heterocycles. The minimum atomic E-state index is -0.818. The summed E-state index contributed by atoms with van der Waals surface area (Å²) >= 11 is 0. The largest absolute Gasteiger partial charge is 0.483 e. The molecule has 0 amide bonds. The number of rotatable bonds is 3. The third-order valence-corrected chi connectivity index (χ3v) is 4.42. The summed E-state index contributed by atoms with van der Waals surface area (Å²) < 4.78 is 7.05. The van der Waals surface area contributed by atoms with Crippen molar-refractivity contribution in [3.8, 4) is 5.75 Å². The first-order chi connectivity index (χ1) is 12.1. The predicted molar refractivity (Wildman–Crippen MR) is 93.2 cm³/mol. The zero-order valence-electron chi connectivity index (χ0n) is 14.3. The molecular formula is C17H15N3O6. The van der Waals surface area contributed by atoms with Gasteiger partial charge in [0.05, 0.1) is 15.5 Å². The Bertz CT molecular complexity index is 1040. The predicted octanol–water partition coefficient (Wildman–Crippen LogP) is 3.12. The Morgan fingerprint density at radius 1 is 1.12 bits per heavy atom. The second-order valence-electron chi connectivity index (χ2n) is 6.35. The van der Waals surface area contributed by atoms with E-state index < -0.39 is 26.7 Å². The molecule has 0 fully saturated rings. The zero-order valence-corrected chi connectivity index (χ0v) is 14.3. The molecule has 134 valence electrons. The number of nitrogens with zero attached hydrogens (tertiary/aromatic N) is 3. The zero-order chi connectivity index (χ0) is 19.2. The Morgan fingerprint density at radius 3 is 2.42 bits per heavy atom. The van der Waals surface area contributed by atoms with Crippen molar-refractivity contribution in [3.05, 3.63) is 78.2 Å². The lowest BCUT2D eigenvalue weighted by atomic mass is 9.90. The van der Waals surface area contributed by atoms with Crippen LogP contribution >= 0.6 is 0 Å². The van der Waals surface area contributed by atoms with Crippen molar-refractivity contribution in [2.24, 2.45) is 0 Å². The quantitative estimate of drug-likeness (QED) is 0.615. The topological polar surface area (TPSA) is 118 Å². The van der Waals surface area contributed by atoms with E-state index >= 15 is 0 Å². The fourth-order valence-electron chi connectivity index (χ4n) is 2.85. The minimum Gasteiger partial charge on any atom is -0.483 e. The molecule has 0 bridgehead atoms. The van der Waals surface area contributed by atoms with Gasteiger partial charge in [-0.3, -0.25) is 29.6 Å². The first-order valence-corrected chi connectivity index (χ1v) is 7.69. The van der Waals surface area contributed by atoms with E-state index in [0.29, 0.717) is 22.6 Å². The van der Waals surface area contributed by atoms with Gasteiger partial charge in [0.1, 0.15) is 11.4 Å². The number of nitro groups is 2. The summed E-state index contributed by atoms with van der Waals surface area (Å²) in [4.78, 5) is 33.6. The third kappa shape index (κ3) is 2.63. The lowest BCUT2D eigenvalue weighted by Crippen LogP contribution is -2.36. The van der Waals surface area contributed by atoms with Crippen LogP contribution in [0.1, 0.15) is 26.3 Å². The summed E-state index contributed by atoms with van der Waals surface area (Å²) in [6, 6.07) is 6.58. The Morgan fingerprint density at radius 2 is 1.81 bits per heavy atom. The van der Waals surface area contributed by atoms with Crippen molar-refractivity contribution in [2.75, 3.05) is 0 Å². The van der Waals surface area contributed by atoms with Gasteiger partial charge in [-0.15, -0.1) is 0 Å². The second kappa shape index (κ2) is 5.80. The van der Waals surface area contributed by atoms with Crippen LogP contribution in [0.15, 0.2) is 46.9 Å². The minimum absolute atomic E-state index is 0.171. The molecule has 2 heterocycles. The monoisotopic (exact) mass is 357 g/mol. The SMILES string of the molecule is CC1=C(n2cccc([N+](=O)[O-])c2=O)c2cc([N+](=O)[O-])ccc2OC1(C)C.